The summed E-state index contributed by atoms with van der Waals surface area (Å²) in [7, 11) is 0. The highest BCUT2D eigenvalue weighted by atomic mass is 16.1. The minimum absolute atomic E-state index is 0.183. The Labute approximate surface area is 82.3 Å². The summed E-state index contributed by atoms with van der Waals surface area (Å²) in [5.41, 5.74) is 0.183. The molecule has 0 aliphatic rings. The van der Waals surface area contributed by atoms with Crippen LogP contribution in [-0.2, 0) is 4.79 Å². The molecule has 2 nitrogen and oxygen atoms in total. The molecule has 0 rings (SSSR count). The van der Waals surface area contributed by atoms with Gasteiger partial charge in [-0.25, -0.2) is 0 Å². The van der Waals surface area contributed by atoms with E-state index in [1.54, 1.807) is 0 Å². The molecule has 0 aromatic carbocycles. The van der Waals surface area contributed by atoms with Gasteiger partial charge >= 0.3 is 0 Å². The van der Waals surface area contributed by atoms with Crippen molar-refractivity contribution in [3.8, 4) is 0 Å². The standard InChI is InChI=1S/C11H23NO/c1-6-10(13)8-9-12(7-2)11(3,4)5/h6-9H2,1-5H3. The van der Waals surface area contributed by atoms with Crippen molar-refractivity contribution in [1.29, 1.82) is 0 Å². The Morgan fingerprint density at radius 2 is 1.77 bits per heavy atom. The molecule has 0 aliphatic carbocycles. The van der Waals surface area contributed by atoms with Crippen LogP contribution in [0.15, 0.2) is 0 Å². The Bertz CT molecular complexity index is 158. The number of ketones is 1. The Hall–Kier alpha value is -0.370. The summed E-state index contributed by atoms with van der Waals surface area (Å²) in [6.45, 7) is 12.5. The van der Waals surface area contributed by atoms with Gasteiger partial charge < -0.3 is 0 Å². The largest absolute Gasteiger partial charge is 0.300 e. The first-order valence-electron chi connectivity index (χ1n) is 5.18. The van der Waals surface area contributed by atoms with Crippen molar-refractivity contribution >= 4 is 5.78 Å². The molecule has 0 unspecified atom stereocenters. The number of carbonyl (C=O) groups is 1. The van der Waals surface area contributed by atoms with Crippen LogP contribution in [0.4, 0.5) is 0 Å². The first kappa shape index (κ1) is 12.6. The highest BCUT2D eigenvalue weighted by Gasteiger charge is 2.19. The van der Waals surface area contributed by atoms with E-state index < -0.39 is 0 Å². The van der Waals surface area contributed by atoms with E-state index >= 15 is 0 Å². The minimum Gasteiger partial charge on any atom is -0.300 e. The molecule has 13 heavy (non-hydrogen) atoms. The lowest BCUT2D eigenvalue weighted by atomic mass is 10.1. The number of rotatable bonds is 5. The molecular weight excluding hydrogens is 162 g/mol. The number of Topliss-reactive ketones (excluding diaryl/α,β-unsaturated/α-hetero) is 1. The Morgan fingerprint density at radius 1 is 1.23 bits per heavy atom. The average Bonchev–Trinajstić information content (AvgIpc) is 2.02. The van der Waals surface area contributed by atoms with Crippen molar-refractivity contribution in [1.82, 2.24) is 4.90 Å². The van der Waals surface area contributed by atoms with Gasteiger partial charge in [-0.15, -0.1) is 0 Å². The molecule has 0 saturated heterocycles. The van der Waals surface area contributed by atoms with Gasteiger partial charge in [-0.1, -0.05) is 13.8 Å². The summed E-state index contributed by atoms with van der Waals surface area (Å²) in [6.07, 6.45) is 1.36. The molecule has 0 radical (unpaired) electrons. The summed E-state index contributed by atoms with van der Waals surface area (Å²) in [5.74, 6) is 0.364. The molecular formula is C11H23NO. The van der Waals surface area contributed by atoms with Gasteiger partial charge in [0.25, 0.3) is 0 Å². The number of hydrogen-bond donors (Lipinski definition) is 0. The van der Waals surface area contributed by atoms with E-state index in [9.17, 15) is 4.79 Å². The Kier molecular flexibility index (Phi) is 5.23. The number of carbonyl (C=O) groups excluding carboxylic acids is 1. The first-order chi connectivity index (χ1) is 5.91. The molecule has 0 spiro atoms. The van der Waals surface area contributed by atoms with Crippen molar-refractivity contribution in [2.45, 2.75) is 53.0 Å². The van der Waals surface area contributed by atoms with Crippen molar-refractivity contribution in [3.63, 3.8) is 0 Å². The lowest BCUT2D eigenvalue weighted by Crippen LogP contribution is -2.42. The fourth-order valence-corrected chi connectivity index (χ4v) is 1.40. The normalized spacial score (nSPS) is 12.2. The van der Waals surface area contributed by atoms with Crippen molar-refractivity contribution < 1.29 is 4.79 Å². The summed E-state index contributed by atoms with van der Waals surface area (Å²) in [4.78, 5) is 13.5. The predicted molar refractivity (Wildman–Crippen MR) is 56.9 cm³/mol. The number of nitrogens with zero attached hydrogens (tertiary/aromatic N) is 1. The van der Waals surface area contributed by atoms with E-state index in [0.29, 0.717) is 18.6 Å². The van der Waals surface area contributed by atoms with Crippen LogP contribution >= 0.6 is 0 Å². The van der Waals surface area contributed by atoms with Crippen molar-refractivity contribution in [3.05, 3.63) is 0 Å². The SMILES string of the molecule is CCC(=O)CCN(CC)C(C)(C)C. The molecule has 0 amide bonds. The third kappa shape index (κ3) is 5.04. The minimum atomic E-state index is 0.183. The van der Waals surface area contributed by atoms with Gasteiger partial charge in [0, 0.05) is 24.9 Å². The third-order valence-electron chi connectivity index (χ3n) is 2.39. The van der Waals surface area contributed by atoms with E-state index in [1.165, 1.54) is 0 Å². The second-order valence-corrected chi connectivity index (χ2v) is 4.39. The van der Waals surface area contributed by atoms with Crippen molar-refractivity contribution in [2.75, 3.05) is 13.1 Å². The van der Waals surface area contributed by atoms with Gasteiger partial charge in [-0.2, -0.15) is 0 Å². The summed E-state index contributed by atoms with van der Waals surface area (Å²) >= 11 is 0. The highest BCUT2D eigenvalue weighted by molar-refractivity contribution is 5.78. The zero-order valence-electron chi connectivity index (χ0n) is 9.68. The molecule has 0 aromatic rings. The lowest BCUT2D eigenvalue weighted by Gasteiger charge is -2.34. The Balaban J connectivity index is 3.93. The zero-order valence-corrected chi connectivity index (χ0v) is 9.68. The summed E-state index contributed by atoms with van der Waals surface area (Å²) < 4.78 is 0. The summed E-state index contributed by atoms with van der Waals surface area (Å²) in [6, 6.07) is 0. The molecule has 0 N–H and O–H groups in total. The molecule has 0 atom stereocenters. The van der Waals surface area contributed by atoms with Crippen LogP contribution in [0.3, 0.4) is 0 Å². The maximum Gasteiger partial charge on any atom is 0.133 e. The smallest absolute Gasteiger partial charge is 0.133 e. The molecule has 0 aliphatic heterocycles. The van der Waals surface area contributed by atoms with Crippen LogP contribution < -0.4 is 0 Å². The topological polar surface area (TPSA) is 20.3 Å². The van der Waals surface area contributed by atoms with Gasteiger partial charge in [0.05, 0.1) is 0 Å². The number of hydrogen-bond acceptors (Lipinski definition) is 2. The Morgan fingerprint density at radius 3 is 2.08 bits per heavy atom. The van der Waals surface area contributed by atoms with Crippen LogP contribution in [0.1, 0.15) is 47.5 Å². The summed E-state index contributed by atoms with van der Waals surface area (Å²) in [5, 5.41) is 0. The monoisotopic (exact) mass is 185 g/mol. The molecule has 0 bridgehead atoms. The molecule has 78 valence electrons. The highest BCUT2D eigenvalue weighted by Crippen LogP contribution is 2.12. The fraction of sp³-hybridized carbons (Fsp3) is 0.909. The first-order valence-corrected chi connectivity index (χ1v) is 5.18. The van der Waals surface area contributed by atoms with Crippen LogP contribution in [0, 0.1) is 0 Å². The van der Waals surface area contributed by atoms with Crippen LogP contribution in [0.5, 0.6) is 0 Å². The van der Waals surface area contributed by atoms with Gasteiger partial charge in [-0.05, 0) is 27.3 Å². The van der Waals surface area contributed by atoms with E-state index in [4.69, 9.17) is 0 Å². The maximum absolute atomic E-state index is 11.1. The van der Waals surface area contributed by atoms with Crippen LogP contribution in [0.2, 0.25) is 0 Å². The van der Waals surface area contributed by atoms with E-state index in [1.807, 2.05) is 6.92 Å². The molecule has 0 aromatic heterocycles. The molecule has 0 fully saturated rings. The van der Waals surface area contributed by atoms with Gasteiger partial charge in [0.1, 0.15) is 5.78 Å². The maximum atomic E-state index is 11.1. The van der Waals surface area contributed by atoms with Crippen LogP contribution in [0.25, 0.3) is 0 Å². The molecule has 2 heteroatoms. The van der Waals surface area contributed by atoms with Gasteiger partial charge in [-0.3, -0.25) is 9.69 Å². The second-order valence-electron chi connectivity index (χ2n) is 4.39. The predicted octanol–water partition coefficient (Wildman–Crippen LogP) is 2.48. The van der Waals surface area contributed by atoms with Gasteiger partial charge in [0.2, 0.25) is 0 Å². The average molecular weight is 185 g/mol. The third-order valence-corrected chi connectivity index (χ3v) is 2.39. The van der Waals surface area contributed by atoms with E-state index in [-0.39, 0.29) is 5.54 Å². The lowest BCUT2D eigenvalue weighted by molar-refractivity contribution is -0.119. The van der Waals surface area contributed by atoms with Gasteiger partial charge in [0.15, 0.2) is 0 Å². The quantitative estimate of drug-likeness (QED) is 0.656. The van der Waals surface area contributed by atoms with Crippen LogP contribution in [-0.4, -0.2) is 29.3 Å². The fourth-order valence-electron chi connectivity index (χ4n) is 1.40. The second kappa shape index (κ2) is 5.38. The molecule has 0 heterocycles. The zero-order chi connectivity index (χ0) is 10.5. The van der Waals surface area contributed by atoms with Crippen molar-refractivity contribution in [2.24, 2.45) is 0 Å². The van der Waals surface area contributed by atoms with E-state index in [0.717, 1.165) is 13.1 Å². The van der Waals surface area contributed by atoms with E-state index in [2.05, 4.69) is 32.6 Å². The molecule has 0 saturated carbocycles.